The predicted molar refractivity (Wildman–Crippen MR) is 36.7 cm³/mol. The average molecular weight is 144 g/mol. The van der Waals surface area contributed by atoms with Crippen LogP contribution in [0.5, 0.6) is 0 Å². The molecule has 1 aliphatic rings. The zero-order valence-corrected chi connectivity index (χ0v) is 5.95. The lowest BCUT2D eigenvalue weighted by molar-refractivity contribution is 0.154. The molecule has 10 heavy (non-hydrogen) atoms. The normalized spacial score (nSPS) is 32.8. The fraction of sp³-hybridized carbons (Fsp3) is 0.833. The third-order valence-corrected chi connectivity index (χ3v) is 1.94. The minimum atomic E-state index is -0.861. The van der Waals surface area contributed by atoms with Gasteiger partial charge in [0, 0.05) is 19.1 Å². The second-order valence-corrected chi connectivity index (χ2v) is 2.83. The summed E-state index contributed by atoms with van der Waals surface area (Å²) < 4.78 is 0. The lowest BCUT2D eigenvalue weighted by Gasteiger charge is -2.08. The van der Waals surface area contributed by atoms with E-state index in [0.29, 0.717) is 19.0 Å². The van der Waals surface area contributed by atoms with Gasteiger partial charge in [-0.2, -0.15) is 0 Å². The van der Waals surface area contributed by atoms with Crippen molar-refractivity contribution in [3.8, 4) is 0 Å². The molecule has 0 aromatic rings. The molecule has 1 saturated heterocycles. The van der Waals surface area contributed by atoms with Gasteiger partial charge in [0.25, 0.3) is 0 Å². The topological polar surface area (TPSA) is 66.6 Å². The summed E-state index contributed by atoms with van der Waals surface area (Å²) in [7, 11) is 0. The Kier molecular flexibility index (Phi) is 1.80. The Labute approximate surface area is 59.6 Å². The molecule has 0 radical (unpaired) electrons. The highest BCUT2D eigenvalue weighted by atomic mass is 16.4. The van der Waals surface area contributed by atoms with Crippen molar-refractivity contribution < 1.29 is 9.90 Å². The zero-order valence-electron chi connectivity index (χ0n) is 5.95. The van der Waals surface area contributed by atoms with E-state index in [2.05, 4.69) is 0 Å². The van der Waals surface area contributed by atoms with Crippen LogP contribution in [0.25, 0.3) is 0 Å². The lowest BCUT2D eigenvalue weighted by Crippen LogP contribution is -2.30. The SMILES string of the molecule is CC1CN(C(=O)O)C[C@H]1N. The van der Waals surface area contributed by atoms with E-state index in [1.165, 1.54) is 4.90 Å². The predicted octanol–water partition coefficient (Wildman–Crippen LogP) is -0.0566. The number of amides is 1. The highest BCUT2D eigenvalue weighted by Crippen LogP contribution is 2.13. The summed E-state index contributed by atoms with van der Waals surface area (Å²) in [5, 5.41) is 8.52. The summed E-state index contributed by atoms with van der Waals surface area (Å²) in [6.45, 7) is 3.03. The van der Waals surface area contributed by atoms with E-state index in [-0.39, 0.29) is 6.04 Å². The molecule has 0 saturated carbocycles. The van der Waals surface area contributed by atoms with E-state index in [0.717, 1.165) is 0 Å². The van der Waals surface area contributed by atoms with Crippen molar-refractivity contribution in [3.63, 3.8) is 0 Å². The van der Waals surface area contributed by atoms with Crippen molar-refractivity contribution in [1.29, 1.82) is 0 Å². The van der Waals surface area contributed by atoms with Gasteiger partial charge in [0.05, 0.1) is 0 Å². The maximum absolute atomic E-state index is 10.4. The van der Waals surface area contributed by atoms with E-state index in [9.17, 15) is 4.79 Å². The average Bonchev–Trinajstić information content (AvgIpc) is 2.13. The molecule has 58 valence electrons. The first-order valence-corrected chi connectivity index (χ1v) is 3.34. The van der Waals surface area contributed by atoms with Gasteiger partial charge in [0.2, 0.25) is 0 Å². The van der Waals surface area contributed by atoms with Crippen LogP contribution >= 0.6 is 0 Å². The second kappa shape index (κ2) is 2.46. The van der Waals surface area contributed by atoms with Gasteiger partial charge >= 0.3 is 6.09 Å². The Hall–Kier alpha value is -0.770. The summed E-state index contributed by atoms with van der Waals surface area (Å²) in [5.74, 6) is 0.302. The van der Waals surface area contributed by atoms with E-state index in [1.54, 1.807) is 0 Å². The van der Waals surface area contributed by atoms with Gasteiger partial charge in [-0.25, -0.2) is 4.79 Å². The summed E-state index contributed by atoms with van der Waals surface area (Å²) in [6, 6.07) is 0.0242. The molecule has 4 heteroatoms. The van der Waals surface area contributed by atoms with Gasteiger partial charge in [-0.1, -0.05) is 6.92 Å². The first-order chi connectivity index (χ1) is 4.61. The highest BCUT2D eigenvalue weighted by molar-refractivity contribution is 5.65. The molecule has 2 atom stereocenters. The third kappa shape index (κ3) is 1.21. The van der Waals surface area contributed by atoms with Crippen LogP contribution in [0, 0.1) is 5.92 Å². The molecule has 0 aliphatic carbocycles. The van der Waals surface area contributed by atoms with Crippen molar-refractivity contribution in [3.05, 3.63) is 0 Å². The van der Waals surface area contributed by atoms with Crippen LogP contribution in [0.2, 0.25) is 0 Å². The molecule has 1 fully saturated rings. The van der Waals surface area contributed by atoms with E-state index < -0.39 is 6.09 Å². The van der Waals surface area contributed by atoms with Gasteiger partial charge in [0.15, 0.2) is 0 Å². The van der Waals surface area contributed by atoms with E-state index in [4.69, 9.17) is 10.8 Å². The smallest absolute Gasteiger partial charge is 0.407 e. The van der Waals surface area contributed by atoms with Crippen LogP contribution in [0.3, 0.4) is 0 Å². The minimum absolute atomic E-state index is 0.0242. The van der Waals surface area contributed by atoms with E-state index >= 15 is 0 Å². The third-order valence-electron chi connectivity index (χ3n) is 1.94. The molecule has 0 spiro atoms. The van der Waals surface area contributed by atoms with Gasteiger partial charge in [-0.05, 0) is 5.92 Å². The summed E-state index contributed by atoms with van der Waals surface area (Å²) in [4.78, 5) is 11.7. The Morgan fingerprint density at radius 3 is 2.50 bits per heavy atom. The first kappa shape index (κ1) is 7.34. The van der Waals surface area contributed by atoms with Crippen molar-refractivity contribution in [1.82, 2.24) is 4.90 Å². The van der Waals surface area contributed by atoms with E-state index in [1.807, 2.05) is 6.92 Å². The van der Waals surface area contributed by atoms with Gasteiger partial charge in [-0.15, -0.1) is 0 Å². The molecule has 3 N–H and O–H groups in total. The monoisotopic (exact) mass is 144 g/mol. The van der Waals surface area contributed by atoms with Crippen LogP contribution in [-0.2, 0) is 0 Å². The van der Waals surface area contributed by atoms with Crippen LogP contribution in [0.15, 0.2) is 0 Å². The number of carbonyl (C=O) groups is 1. The van der Waals surface area contributed by atoms with Gasteiger partial charge in [0.1, 0.15) is 0 Å². The largest absolute Gasteiger partial charge is 0.465 e. The summed E-state index contributed by atoms with van der Waals surface area (Å²) >= 11 is 0. The Morgan fingerprint density at radius 2 is 2.30 bits per heavy atom. The lowest BCUT2D eigenvalue weighted by atomic mass is 10.1. The molecule has 1 heterocycles. The Balaban J connectivity index is 2.49. The molecule has 1 amide bonds. The van der Waals surface area contributed by atoms with Crippen LogP contribution in [-0.4, -0.2) is 35.2 Å². The molecule has 1 unspecified atom stereocenters. The maximum atomic E-state index is 10.4. The molecule has 0 aromatic heterocycles. The van der Waals surface area contributed by atoms with Crippen LogP contribution in [0.4, 0.5) is 4.79 Å². The molecule has 4 nitrogen and oxygen atoms in total. The van der Waals surface area contributed by atoms with Crippen molar-refractivity contribution in [2.75, 3.05) is 13.1 Å². The Morgan fingerprint density at radius 1 is 1.70 bits per heavy atom. The molecule has 1 aliphatic heterocycles. The van der Waals surface area contributed by atoms with Crippen molar-refractivity contribution in [2.24, 2.45) is 11.7 Å². The zero-order chi connectivity index (χ0) is 7.72. The van der Waals surface area contributed by atoms with Crippen molar-refractivity contribution in [2.45, 2.75) is 13.0 Å². The van der Waals surface area contributed by atoms with Gasteiger partial charge < -0.3 is 15.7 Å². The summed E-state index contributed by atoms with van der Waals surface area (Å²) in [6.07, 6.45) is -0.861. The highest BCUT2D eigenvalue weighted by Gasteiger charge is 2.29. The minimum Gasteiger partial charge on any atom is -0.465 e. The number of likely N-dealkylation sites (tertiary alicyclic amines) is 1. The second-order valence-electron chi connectivity index (χ2n) is 2.83. The Bertz CT molecular complexity index is 139. The number of nitrogens with two attached hydrogens (primary N) is 1. The number of rotatable bonds is 0. The number of nitrogens with zero attached hydrogens (tertiary/aromatic N) is 1. The standard InChI is InChI=1S/C6H12N2O2/c1-4-2-8(6(9)10)3-5(4)7/h4-5H,2-3,7H2,1H3,(H,9,10)/t4?,5-/m1/s1. The summed E-state index contributed by atoms with van der Waals surface area (Å²) in [5.41, 5.74) is 5.60. The molecular formula is C6H12N2O2. The molecule has 0 aromatic carbocycles. The fourth-order valence-electron chi connectivity index (χ4n) is 1.15. The van der Waals surface area contributed by atoms with Crippen LogP contribution < -0.4 is 5.73 Å². The van der Waals surface area contributed by atoms with Gasteiger partial charge in [-0.3, -0.25) is 0 Å². The fourth-order valence-corrected chi connectivity index (χ4v) is 1.15. The molecular weight excluding hydrogens is 132 g/mol. The van der Waals surface area contributed by atoms with Crippen molar-refractivity contribution >= 4 is 6.09 Å². The quantitative estimate of drug-likeness (QED) is 0.500. The van der Waals surface area contributed by atoms with Crippen LogP contribution in [0.1, 0.15) is 6.92 Å². The molecule has 1 rings (SSSR count). The maximum Gasteiger partial charge on any atom is 0.407 e. The number of carboxylic acid groups (broad SMARTS) is 1. The first-order valence-electron chi connectivity index (χ1n) is 3.34. The number of hydrogen-bond donors (Lipinski definition) is 2. The molecule has 0 bridgehead atoms. The number of hydrogen-bond acceptors (Lipinski definition) is 2.